The highest BCUT2D eigenvalue weighted by atomic mass is 32.2. The molecule has 1 heterocycles. The van der Waals surface area contributed by atoms with E-state index in [0.29, 0.717) is 0 Å². The maximum Gasteiger partial charge on any atom is 0.0784 e. The molecule has 14 heavy (non-hydrogen) atoms. The summed E-state index contributed by atoms with van der Waals surface area (Å²) in [5, 5.41) is 0. The second kappa shape index (κ2) is 8.30. The van der Waals surface area contributed by atoms with Crippen LogP contribution in [0, 0.1) is 0 Å². The van der Waals surface area contributed by atoms with E-state index in [1.807, 2.05) is 23.5 Å². The van der Waals surface area contributed by atoms with Crippen molar-refractivity contribution in [1.29, 1.82) is 0 Å². The van der Waals surface area contributed by atoms with Gasteiger partial charge in [-0.1, -0.05) is 6.08 Å². The molecule has 0 aliphatic carbocycles. The number of rotatable bonds is 5. The Balaban J connectivity index is 2.03. The molecule has 0 unspecified atom stereocenters. The van der Waals surface area contributed by atoms with E-state index in [2.05, 4.69) is 12.2 Å². The van der Waals surface area contributed by atoms with Crippen molar-refractivity contribution in [3.8, 4) is 0 Å². The minimum Gasteiger partial charge on any atom is -0.505 e. The number of allylic oxidation sites excluding steroid dienone is 2. The minimum absolute atomic E-state index is 1.12. The van der Waals surface area contributed by atoms with Gasteiger partial charge in [0.15, 0.2) is 0 Å². The molecule has 1 aliphatic heterocycles. The van der Waals surface area contributed by atoms with E-state index in [9.17, 15) is 0 Å². The van der Waals surface area contributed by atoms with Crippen LogP contribution in [0.4, 0.5) is 0 Å². The first-order valence-electron chi connectivity index (χ1n) is 5.07. The van der Waals surface area contributed by atoms with Crippen LogP contribution in [0.3, 0.4) is 0 Å². The zero-order valence-corrected chi connectivity index (χ0v) is 10.3. The van der Waals surface area contributed by atoms with Gasteiger partial charge >= 0.3 is 0 Å². The summed E-state index contributed by atoms with van der Waals surface area (Å²) in [5.41, 5.74) is 0. The maximum atomic E-state index is 4.83. The SMILES string of the molecule is CO/C=C/CCCC=C1SCCCS1. The van der Waals surface area contributed by atoms with Crippen molar-refractivity contribution in [2.24, 2.45) is 0 Å². The normalized spacial score (nSPS) is 17.4. The highest BCUT2D eigenvalue weighted by Crippen LogP contribution is 2.34. The van der Waals surface area contributed by atoms with Crippen molar-refractivity contribution in [2.45, 2.75) is 25.7 Å². The minimum atomic E-state index is 1.12. The Labute approximate surface area is 95.4 Å². The zero-order valence-electron chi connectivity index (χ0n) is 8.70. The first kappa shape index (κ1) is 12.1. The molecule has 1 nitrogen and oxygen atoms in total. The van der Waals surface area contributed by atoms with Gasteiger partial charge in [0, 0.05) is 4.24 Å². The predicted molar refractivity (Wildman–Crippen MR) is 67.6 cm³/mol. The number of hydrogen-bond acceptors (Lipinski definition) is 3. The summed E-state index contributed by atoms with van der Waals surface area (Å²) in [6.45, 7) is 0. The Morgan fingerprint density at radius 1 is 1.29 bits per heavy atom. The zero-order chi connectivity index (χ0) is 10.1. The Hall–Kier alpha value is -0.0200. The summed E-state index contributed by atoms with van der Waals surface area (Å²) >= 11 is 4.03. The van der Waals surface area contributed by atoms with Gasteiger partial charge in [-0.05, 0) is 43.3 Å². The van der Waals surface area contributed by atoms with Crippen LogP contribution in [0.15, 0.2) is 22.7 Å². The molecule has 0 aromatic carbocycles. The monoisotopic (exact) mass is 230 g/mol. The van der Waals surface area contributed by atoms with E-state index in [0.717, 1.165) is 6.42 Å². The van der Waals surface area contributed by atoms with Crippen LogP contribution < -0.4 is 0 Å². The van der Waals surface area contributed by atoms with Crippen molar-refractivity contribution in [3.63, 3.8) is 0 Å². The summed E-state index contributed by atoms with van der Waals surface area (Å²) in [5.74, 6) is 2.62. The number of methoxy groups -OCH3 is 1. The maximum absolute atomic E-state index is 4.83. The fraction of sp³-hybridized carbons (Fsp3) is 0.636. The van der Waals surface area contributed by atoms with Gasteiger partial charge in [-0.2, -0.15) is 0 Å². The first-order chi connectivity index (χ1) is 6.93. The fourth-order valence-electron chi connectivity index (χ4n) is 1.18. The molecule has 0 saturated carbocycles. The predicted octanol–water partition coefficient (Wildman–Crippen LogP) is 4.03. The molecule has 0 atom stereocenters. The molecule has 0 spiro atoms. The van der Waals surface area contributed by atoms with E-state index in [1.165, 1.54) is 35.0 Å². The van der Waals surface area contributed by atoms with Crippen LogP contribution in [0.2, 0.25) is 0 Å². The Morgan fingerprint density at radius 2 is 2.07 bits per heavy atom. The highest BCUT2D eigenvalue weighted by molar-refractivity contribution is 8.22. The highest BCUT2D eigenvalue weighted by Gasteiger charge is 2.04. The van der Waals surface area contributed by atoms with Gasteiger partial charge in [0.2, 0.25) is 0 Å². The van der Waals surface area contributed by atoms with Crippen molar-refractivity contribution in [3.05, 3.63) is 22.7 Å². The molecule has 0 amide bonds. The summed E-state index contributed by atoms with van der Waals surface area (Å²) in [6.07, 6.45) is 11.1. The van der Waals surface area contributed by atoms with E-state index < -0.39 is 0 Å². The molecule has 0 bridgehead atoms. The van der Waals surface area contributed by atoms with Gasteiger partial charge in [-0.15, -0.1) is 23.5 Å². The molecule has 0 aromatic rings. The van der Waals surface area contributed by atoms with Crippen molar-refractivity contribution >= 4 is 23.5 Å². The van der Waals surface area contributed by atoms with Crippen LogP contribution in [-0.2, 0) is 4.74 Å². The number of unbranched alkanes of at least 4 members (excludes halogenated alkanes) is 2. The van der Waals surface area contributed by atoms with Crippen molar-refractivity contribution < 1.29 is 4.74 Å². The van der Waals surface area contributed by atoms with E-state index >= 15 is 0 Å². The third-order valence-electron chi connectivity index (χ3n) is 1.90. The Kier molecular flexibility index (Phi) is 7.15. The lowest BCUT2D eigenvalue weighted by atomic mass is 10.2. The van der Waals surface area contributed by atoms with Gasteiger partial charge in [0.1, 0.15) is 0 Å². The smallest absolute Gasteiger partial charge is 0.0784 e. The van der Waals surface area contributed by atoms with E-state index in [1.54, 1.807) is 13.4 Å². The summed E-state index contributed by atoms with van der Waals surface area (Å²) in [6, 6.07) is 0. The molecule has 3 heteroatoms. The number of ether oxygens (including phenoxy) is 1. The summed E-state index contributed by atoms with van der Waals surface area (Å²) in [4.78, 5) is 0. The van der Waals surface area contributed by atoms with Crippen LogP contribution in [-0.4, -0.2) is 18.6 Å². The molecular formula is C11H18OS2. The molecule has 0 aromatic heterocycles. The molecule has 80 valence electrons. The average Bonchev–Trinajstić information content (AvgIpc) is 2.25. The molecule has 1 aliphatic rings. The van der Waals surface area contributed by atoms with Gasteiger partial charge in [0.25, 0.3) is 0 Å². The molecule has 1 rings (SSSR count). The molecule has 0 N–H and O–H groups in total. The van der Waals surface area contributed by atoms with E-state index in [-0.39, 0.29) is 0 Å². The van der Waals surface area contributed by atoms with Crippen LogP contribution in [0.25, 0.3) is 0 Å². The van der Waals surface area contributed by atoms with Crippen molar-refractivity contribution in [2.75, 3.05) is 18.6 Å². The van der Waals surface area contributed by atoms with Gasteiger partial charge in [0.05, 0.1) is 13.4 Å². The van der Waals surface area contributed by atoms with Gasteiger partial charge < -0.3 is 4.74 Å². The van der Waals surface area contributed by atoms with Crippen LogP contribution in [0.5, 0.6) is 0 Å². The lowest BCUT2D eigenvalue weighted by molar-refractivity contribution is 0.336. The Bertz CT molecular complexity index is 191. The second-order valence-electron chi connectivity index (χ2n) is 3.11. The topological polar surface area (TPSA) is 9.23 Å². The fourth-order valence-corrected chi connectivity index (χ4v) is 3.65. The molecule has 1 saturated heterocycles. The van der Waals surface area contributed by atoms with Crippen molar-refractivity contribution in [1.82, 2.24) is 0 Å². The third kappa shape index (κ3) is 5.66. The molecule has 0 radical (unpaired) electrons. The van der Waals surface area contributed by atoms with Crippen LogP contribution >= 0.6 is 23.5 Å². The Morgan fingerprint density at radius 3 is 2.79 bits per heavy atom. The number of hydrogen-bond donors (Lipinski definition) is 0. The van der Waals surface area contributed by atoms with E-state index in [4.69, 9.17) is 4.74 Å². The lowest BCUT2D eigenvalue weighted by Gasteiger charge is -2.11. The van der Waals surface area contributed by atoms with Gasteiger partial charge in [-0.3, -0.25) is 0 Å². The molecule has 1 fully saturated rings. The van der Waals surface area contributed by atoms with Gasteiger partial charge in [-0.25, -0.2) is 0 Å². The second-order valence-corrected chi connectivity index (χ2v) is 5.64. The lowest BCUT2D eigenvalue weighted by Crippen LogP contribution is -1.91. The summed E-state index contributed by atoms with van der Waals surface area (Å²) < 4.78 is 6.37. The quantitative estimate of drug-likeness (QED) is 0.521. The standard InChI is InChI=1S/C11H18OS2/c1-12-8-5-3-2-4-7-11-13-9-6-10-14-11/h5,7-8H,2-4,6,9-10H2,1H3/b8-5+. The first-order valence-corrected chi connectivity index (χ1v) is 7.04. The van der Waals surface area contributed by atoms with Crippen LogP contribution in [0.1, 0.15) is 25.7 Å². The molecular weight excluding hydrogens is 212 g/mol. The summed E-state index contributed by atoms with van der Waals surface area (Å²) in [7, 11) is 1.69. The number of thioether (sulfide) groups is 2. The third-order valence-corrected chi connectivity index (χ3v) is 4.49. The average molecular weight is 230 g/mol. The largest absolute Gasteiger partial charge is 0.505 e.